The Balaban J connectivity index is 2.53. The summed E-state index contributed by atoms with van der Waals surface area (Å²) in [6.45, 7) is 5.72. The van der Waals surface area contributed by atoms with Crippen LogP contribution in [0.2, 0.25) is 0 Å². The maximum absolute atomic E-state index is 13.1. The second-order valence-electron chi connectivity index (χ2n) is 9.79. The van der Waals surface area contributed by atoms with Crippen LogP contribution in [0.4, 0.5) is 11.4 Å². The van der Waals surface area contributed by atoms with Crippen LogP contribution in [0.1, 0.15) is 51.2 Å². The van der Waals surface area contributed by atoms with Crippen molar-refractivity contribution in [3.05, 3.63) is 65.7 Å². The molecule has 2 rings (SSSR count). The number of alkyl halides is 1. The Hall–Kier alpha value is -2.46. The standard InChI is InChI=1S/C28H39ClN2O2/c1-28(2,3)33-27(32)23(10-8-9-19-29)20-26(21-11-15-24(16-12-21)30(4)5)22-13-17-25(18-14-22)31(6)7/h11-18,20,23H,8-10,19H2,1-7H3/t23-/m1/s1. The largest absolute Gasteiger partial charge is 0.460 e. The van der Waals surface area contributed by atoms with Crippen LogP contribution in [0.3, 0.4) is 0 Å². The molecule has 0 amide bonds. The molecule has 0 aromatic heterocycles. The van der Waals surface area contributed by atoms with E-state index < -0.39 is 5.60 Å². The van der Waals surface area contributed by atoms with Crippen LogP contribution in [-0.4, -0.2) is 45.6 Å². The first-order valence-corrected chi connectivity index (χ1v) is 12.1. The van der Waals surface area contributed by atoms with Gasteiger partial charge in [-0.1, -0.05) is 36.8 Å². The van der Waals surface area contributed by atoms with E-state index >= 15 is 0 Å². The van der Waals surface area contributed by atoms with E-state index in [1.807, 2.05) is 49.0 Å². The molecule has 1 atom stereocenters. The predicted octanol–water partition coefficient (Wildman–Crippen LogP) is 6.62. The zero-order valence-corrected chi connectivity index (χ0v) is 21.9. The van der Waals surface area contributed by atoms with Crippen LogP contribution < -0.4 is 9.80 Å². The molecule has 2 aromatic carbocycles. The molecule has 0 heterocycles. The van der Waals surface area contributed by atoms with Crippen molar-refractivity contribution >= 4 is 34.5 Å². The molecule has 180 valence electrons. The summed E-state index contributed by atoms with van der Waals surface area (Å²) < 4.78 is 5.77. The summed E-state index contributed by atoms with van der Waals surface area (Å²) >= 11 is 5.91. The van der Waals surface area contributed by atoms with Gasteiger partial charge in [0.25, 0.3) is 0 Å². The molecule has 0 unspecified atom stereocenters. The van der Waals surface area contributed by atoms with Gasteiger partial charge < -0.3 is 14.5 Å². The van der Waals surface area contributed by atoms with Gasteiger partial charge >= 0.3 is 5.97 Å². The predicted molar refractivity (Wildman–Crippen MR) is 143 cm³/mol. The molecule has 4 nitrogen and oxygen atoms in total. The number of hydrogen-bond donors (Lipinski definition) is 0. The van der Waals surface area contributed by atoms with Gasteiger partial charge in [-0.2, -0.15) is 0 Å². The number of halogens is 1. The Kier molecular flexibility index (Phi) is 9.85. The van der Waals surface area contributed by atoms with Gasteiger partial charge in [0.2, 0.25) is 0 Å². The number of esters is 1. The minimum Gasteiger partial charge on any atom is -0.460 e. The van der Waals surface area contributed by atoms with Crippen molar-refractivity contribution in [3.63, 3.8) is 0 Å². The fourth-order valence-corrected chi connectivity index (χ4v) is 3.73. The molecule has 0 aliphatic carbocycles. The van der Waals surface area contributed by atoms with Gasteiger partial charge in [-0.3, -0.25) is 4.79 Å². The van der Waals surface area contributed by atoms with Crippen LogP contribution in [0, 0.1) is 5.92 Å². The summed E-state index contributed by atoms with van der Waals surface area (Å²) in [4.78, 5) is 17.3. The topological polar surface area (TPSA) is 32.8 Å². The van der Waals surface area contributed by atoms with Crippen molar-refractivity contribution in [2.75, 3.05) is 43.9 Å². The molecular weight excluding hydrogens is 432 g/mol. The van der Waals surface area contributed by atoms with Crippen molar-refractivity contribution in [1.82, 2.24) is 0 Å². The number of carbonyl (C=O) groups is 1. The smallest absolute Gasteiger partial charge is 0.313 e. The van der Waals surface area contributed by atoms with E-state index in [-0.39, 0.29) is 11.9 Å². The first kappa shape index (κ1) is 26.8. The monoisotopic (exact) mass is 470 g/mol. The van der Waals surface area contributed by atoms with E-state index in [2.05, 4.69) is 64.4 Å². The molecule has 33 heavy (non-hydrogen) atoms. The lowest BCUT2D eigenvalue weighted by Crippen LogP contribution is -2.28. The summed E-state index contributed by atoms with van der Waals surface area (Å²) in [7, 11) is 8.12. The highest BCUT2D eigenvalue weighted by atomic mass is 35.5. The van der Waals surface area contributed by atoms with E-state index in [0.717, 1.165) is 40.9 Å². The lowest BCUT2D eigenvalue weighted by Gasteiger charge is -2.23. The molecule has 0 bridgehead atoms. The summed E-state index contributed by atoms with van der Waals surface area (Å²) in [6.07, 6.45) is 4.53. The Morgan fingerprint density at radius 2 is 1.33 bits per heavy atom. The van der Waals surface area contributed by atoms with E-state index in [4.69, 9.17) is 16.3 Å². The fraction of sp³-hybridized carbons (Fsp3) is 0.464. The van der Waals surface area contributed by atoms with Crippen molar-refractivity contribution in [2.24, 2.45) is 5.92 Å². The molecule has 0 radical (unpaired) electrons. The summed E-state index contributed by atoms with van der Waals surface area (Å²) in [5.74, 6) is 0.0594. The highest BCUT2D eigenvalue weighted by Gasteiger charge is 2.24. The molecule has 0 aliphatic rings. The van der Waals surface area contributed by atoms with E-state index in [0.29, 0.717) is 12.3 Å². The first-order chi connectivity index (χ1) is 15.5. The number of hydrogen-bond acceptors (Lipinski definition) is 4. The average Bonchev–Trinajstić information content (AvgIpc) is 2.75. The van der Waals surface area contributed by atoms with Crippen molar-refractivity contribution in [2.45, 2.75) is 45.6 Å². The highest BCUT2D eigenvalue weighted by Crippen LogP contribution is 2.30. The van der Waals surface area contributed by atoms with Gasteiger partial charge in [0.15, 0.2) is 0 Å². The van der Waals surface area contributed by atoms with Crippen LogP contribution in [0.25, 0.3) is 5.57 Å². The van der Waals surface area contributed by atoms with E-state index in [9.17, 15) is 4.79 Å². The van der Waals surface area contributed by atoms with Gasteiger partial charge in [0.05, 0.1) is 5.92 Å². The average molecular weight is 471 g/mol. The van der Waals surface area contributed by atoms with Gasteiger partial charge in [0, 0.05) is 45.4 Å². The third-order valence-corrected chi connectivity index (χ3v) is 5.63. The molecule has 0 aliphatic heterocycles. The Labute approximate surface area is 205 Å². The third-order valence-electron chi connectivity index (χ3n) is 5.37. The minimum absolute atomic E-state index is 0.190. The number of nitrogens with zero attached hydrogens (tertiary/aromatic N) is 2. The number of unbranched alkanes of at least 4 members (excludes halogenated alkanes) is 1. The van der Waals surface area contributed by atoms with E-state index in [1.165, 1.54) is 0 Å². The van der Waals surface area contributed by atoms with Crippen LogP contribution in [-0.2, 0) is 9.53 Å². The van der Waals surface area contributed by atoms with Gasteiger partial charge in [-0.05, 0) is 74.6 Å². The van der Waals surface area contributed by atoms with Crippen LogP contribution >= 0.6 is 11.6 Å². The second-order valence-corrected chi connectivity index (χ2v) is 10.2. The summed E-state index contributed by atoms with van der Waals surface area (Å²) in [5.41, 5.74) is 4.91. The number of benzene rings is 2. The Morgan fingerprint density at radius 1 is 0.879 bits per heavy atom. The molecule has 0 fully saturated rings. The molecule has 0 N–H and O–H groups in total. The molecule has 5 heteroatoms. The number of carbonyl (C=O) groups excluding carboxylic acids is 1. The summed E-state index contributed by atoms with van der Waals surface area (Å²) in [6, 6.07) is 16.9. The summed E-state index contributed by atoms with van der Waals surface area (Å²) in [5, 5.41) is 0. The first-order valence-electron chi connectivity index (χ1n) is 11.6. The van der Waals surface area contributed by atoms with Gasteiger partial charge in [0.1, 0.15) is 5.60 Å². The maximum atomic E-state index is 13.1. The molecule has 0 saturated heterocycles. The lowest BCUT2D eigenvalue weighted by atomic mass is 9.91. The van der Waals surface area contributed by atoms with Crippen LogP contribution in [0.5, 0.6) is 0 Å². The van der Waals surface area contributed by atoms with E-state index in [1.54, 1.807) is 0 Å². The quantitative estimate of drug-likeness (QED) is 0.222. The normalized spacial score (nSPS) is 12.1. The highest BCUT2D eigenvalue weighted by molar-refractivity contribution is 6.17. The molecular formula is C28H39ClN2O2. The Bertz CT molecular complexity index is 857. The van der Waals surface area contributed by atoms with Crippen molar-refractivity contribution < 1.29 is 9.53 Å². The third kappa shape index (κ3) is 8.43. The van der Waals surface area contributed by atoms with Gasteiger partial charge in [-0.25, -0.2) is 0 Å². The molecule has 0 saturated carbocycles. The SMILES string of the molecule is CN(C)c1ccc(C(=C[C@@H](CCCCCl)C(=O)OC(C)(C)C)c2ccc(N(C)C)cc2)cc1. The maximum Gasteiger partial charge on any atom is 0.313 e. The lowest BCUT2D eigenvalue weighted by molar-refractivity contribution is -0.158. The zero-order chi connectivity index (χ0) is 24.6. The number of ether oxygens (including phenoxy) is 1. The van der Waals surface area contributed by atoms with Gasteiger partial charge in [-0.15, -0.1) is 11.6 Å². The van der Waals surface area contributed by atoms with Crippen molar-refractivity contribution in [1.29, 1.82) is 0 Å². The number of rotatable bonds is 10. The molecule has 0 spiro atoms. The van der Waals surface area contributed by atoms with Crippen molar-refractivity contribution in [3.8, 4) is 0 Å². The molecule has 2 aromatic rings. The zero-order valence-electron chi connectivity index (χ0n) is 21.2. The van der Waals surface area contributed by atoms with Crippen LogP contribution in [0.15, 0.2) is 54.6 Å². The fourth-order valence-electron chi connectivity index (χ4n) is 3.54. The number of anilines is 2. The minimum atomic E-state index is -0.531. The second kappa shape index (κ2) is 12.1. The Morgan fingerprint density at radius 3 is 1.70 bits per heavy atom.